The van der Waals surface area contributed by atoms with E-state index in [9.17, 15) is 28.5 Å². The molecule has 0 unspecified atom stereocenters. The highest BCUT2D eigenvalue weighted by atomic mass is 32.1. The molecule has 12 heteroatoms. The number of H-pyrrole nitrogens is 1. The van der Waals surface area contributed by atoms with Crippen LogP contribution in [0.5, 0.6) is 0 Å². The zero-order valence-corrected chi connectivity index (χ0v) is 20.3. The zero-order valence-electron chi connectivity index (χ0n) is 19.5. The van der Waals surface area contributed by atoms with E-state index in [2.05, 4.69) is 16.0 Å². The molecule has 185 valence electrons. The van der Waals surface area contributed by atoms with E-state index in [-0.39, 0.29) is 51.6 Å². The Balaban J connectivity index is 2.18. The average Bonchev–Trinajstić information content (AvgIpc) is 3.22. The smallest absolute Gasteiger partial charge is 0.305 e. The summed E-state index contributed by atoms with van der Waals surface area (Å²) in [4.78, 5) is 45.3. The molecule has 0 aliphatic rings. The molecular weight excluding hydrogens is 492 g/mol. The lowest BCUT2D eigenvalue weighted by Gasteiger charge is -2.20. The second-order valence-corrected chi connectivity index (χ2v) is 9.52. The Labute approximate surface area is 207 Å². The van der Waals surface area contributed by atoms with Gasteiger partial charge in [-0.15, -0.1) is 11.3 Å². The van der Waals surface area contributed by atoms with Gasteiger partial charge in [-0.25, -0.2) is 18.6 Å². The van der Waals surface area contributed by atoms with Gasteiger partial charge in [0.05, 0.1) is 16.2 Å². The molecule has 9 nitrogen and oxygen atoms in total. The van der Waals surface area contributed by atoms with E-state index in [4.69, 9.17) is 0 Å². The normalized spacial score (nSPS) is 11.3. The number of nitro benzene ring substituents is 1. The molecule has 2 aromatic heterocycles. The number of thiazole rings is 1. The lowest BCUT2D eigenvalue weighted by molar-refractivity contribution is -0.385. The molecule has 0 saturated heterocycles. The second kappa shape index (κ2) is 9.91. The zero-order chi connectivity index (χ0) is 26.1. The Morgan fingerprint density at radius 2 is 1.89 bits per heavy atom. The van der Waals surface area contributed by atoms with E-state index in [1.165, 1.54) is 12.3 Å². The summed E-state index contributed by atoms with van der Waals surface area (Å²) < 4.78 is 30.3. The van der Waals surface area contributed by atoms with Crippen molar-refractivity contribution >= 4 is 17.0 Å². The van der Waals surface area contributed by atoms with Crippen molar-refractivity contribution in [1.29, 1.82) is 0 Å². The summed E-state index contributed by atoms with van der Waals surface area (Å²) in [6.07, 6.45) is 2.32. The molecule has 0 aliphatic carbocycles. The van der Waals surface area contributed by atoms with Crippen LogP contribution in [-0.2, 0) is 13.0 Å². The molecule has 0 aliphatic heterocycles. The molecule has 2 heterocycles. The van der Waals surface area contributed by atoms with Crippen LogP contribution in [0.3, 0.4) is 0 Å². The van der Waals surface area contributed by atoms with E-state index in [1.54, 1.807) is 25.9 Å². The maximum Gasteiger partial charge on any atom is 0.332 e. The standard InChI is InChI=1S/C24H20F2N5O4S/c1-13-11-27-23(36-13)20-21(30-8-7-19(32)28-24(30)33)14(10-16-17(25)5-4-6-18(16)26)9-15(12-29(2)3)22(20)31(34)35/h4-8,11H,10,12H2,1-3H3,(H,28,32,33). The van der Waals surface area contributed by atoms with Crippen LogP contribution in [0, 0.1) is 34.7 Å². The van der Waals surface area contributed by atoms with Gasteiger partial charge in [0.2, 0.25) is 0 Å². The number of rotatable bonds is 7. The molecular formula is C24H20F2N5O4S. The van der Waals surface area contributed by atoms with Gasteiger partial charge in [-0.1, -0.05) is 6.07 Å². The Morgan fingerprint density at radius 1 is 1.19 bits per heavy atom. The average molecular weight is 513 g/mol. The quantitative estimate of drug-likeness (QED) is 0.299. The summed E-state index contributed by atoms with van der Waals surface area (Å²) in [5, 5.41) is 12.6. The molecule has 0 fully saturated rings. The molecule has 1 N–H and O–H groups in total. The predicted molar refractivity (Wildman–Crippen MR) is 131 cm³/mol. The van der Waals surface area contributed by atoms with Crippen LogP contribution in [0.15, 0.2) is 46.2 Å². The van der Waals surface area contributed by atoms with Crippen molar-refractivity contribution in [1.82, 2.24) is 19.4 Å². The number of aromatic amines is 1. The summed E-state index contributed by atoms with van der Waals surface area (Å²) in [6.45, 7) is 1.85. The minimum Gasteiger partial charge on any atom is -0.305 e. The first-order valence-corrected chi connectivity index (χ1v) is 11.5. The van der Waals surface area contributed by atoms with Crippen molar-refractivity contribution in [2.24, 2.45) is 0 Å². The number of aromatic nitrogens is 3. The highest BCUT2D eigenvalue weighted by Crippen LogP contribution is 2.42. The van der Waals surface area contributed by atoms with Crippen LogP contribution in [0.4, 0.5) is 14.5 Å². The Hall–Kier alpha value is -4.03. The SMILES string of the molecule is Cc1cnc(-c2c(-n3ccc(=O)[nH]c3=O)c(Cc3c(F)cccc3F)[c]c(CN(C)C)c2[N+](=O)[O-])s1. The van der Waals surface area contributed by atoms with E-state index in [0.717, 1.165) is 45.2 Å². The lowest BCUT2D eigenvalue weighted by Crippen LogP contribution is -2.29. The molecule has 0 amide bonds. The number of halogens is 2. The summed E-state index contributed by atoms with van der Waals surface area (Å²) in [6, 6.07) is 7.46. The van der Waals surface area contributed by atoms with Crippen molar-refractivity contribution in [3.05, 3.63) is 107 Å². The van der Waals surface area contributed by atoms with E-state index in [0.29, 0.717) is 0 Å². The molecule has 0 saturated carbocycles. The molecule has 2 aromatic carbocycles. The van der Waals surface area contributed by atoms with E-state index < -0.39 is 27.8 Å². The second-order valence-electron chi connectivity index (χ2n) is 8.28. The number of hydrogen-bond acceptors (Lipinski definition) is 7. The van der Waals surface area contributed by atoms with Crippen LogP contribution >= 0.6 is 11.3 Å². The first-order chi connectivity index (χ1) is 17.1. The van der Waals surface area contributed by atoms with Gasteiger partial charge in [0.1, 0.15) is 22.2 Å². The van der Waals surface area contributed by atoms with E-state index >= 15 is 0 Å². The third-order valence-electron chi connectivity index (χ3n) is 5.32. The maximum atomic E-state index is 14.7. The number of benzene rings is 2. The molecule has 1 radical (unpaired) electrons. The number of nitro groups is 1. The fourth-order valence-electron chi connectivity index (χ4n) is 3.88. The molecule has 0 spiro atoms. The third kappa shape index (κ3) is 4.86. The number of nitrogens with one attached hydrogen (secondary N) is 1. The van der Waals surface area contributed by atoms with Crippen LogP contribution in [-0.4, -0.2) is 38.5 Å². The molecule has 0 atom stereocenters. The summed E-state index contributed by atoms with van der Waals surface area (Å²) >= 11 is 1.16. The number of hydrogen-bond donors (Lipinski definition) is 1. The topological polar surface area (TPSA) is 114 Å². The Bertz CT molecular complexity index is 1570. The van der Waals surface area contributed by atoms with Crippen molar-refractivity contribution in [3.8, 4) is 16.3 Å². The van der Waals surface area contributed by atoms with Crippen LogP contribution in [0.25, 0.3) is 16.3 Å². The fourth-order valence-corrected chi connectivity index (χ4v) is 4.70. The van der Waals surface area contributed by atoms with Crippen molar-refractivity contribution in [3.63, 3.8) is 0 Å². The van der Waals surface area contributed by atoms with Gasteiger partial charge in [-0.05, 0) is 44.8 Å². The first kappa shape index (κ1) is 25.1. The monoisotopic (exact) mass is 512 g/mol. The fraction of sp³-hybridized carbons (Fsp3) is 0.208. The molecule has 0 bridgehead atoms. The summed E-state index contributed by atoms with van der Waals surface area (Å²) in [5.41, 5.74) is -1.96. The van der Waals surface area contributed by atoms with Gasteiger partial charge in [-0.2, -0.15) is 0 Å². The van der Waals surface area contributed by atoms with E-state index in [1.807, 2.05) is 0 Å². The maximum absolute atomic E-state index is 14.7. The Kier molecular flexibility index (Phi) is 6.91. The van der Waals surface area contributed by atoms with Gasteiger partial charge in [0.15, 0.2) is 0 Å². The lowest BCUT2D eigenvalue weighted by atomic mass is 9.94. The van der Waals surface area contributed by atoms with Crippen LogP contribution in [0.1, 0.15) is 21.6 Å². The van der Waals surface area contributed by atoms with Crippen LogP contribution in [0.2, 0.25) is 0 Å². The molecule has 4 rings (SSSR count). The minimum absolute atomic E-state index is 0.00500. The minimum atomic E-state index is -0.879. The van der Waals surface area contributed by atoms with Crippen molar-refractivity contribution in [2.45, 2.75) is 19.9 Å². The molecule has 4 aromatic rings. The highest BCUT2D eigenvalue weighted by Gasteiger charge is 2.31. The van der Waals surface area contributed by atoms with Crippen LogP contribution < -0.4 is 11.2 Å². The van der Waals surface area contributed by atoms with Crippen molar-refractivity contribution in [2.75, 3.05) is 14.1 Å². The molecule has 36 heavy (non-hydrogen) atoms. The van der Waals surface area contributed by atoms with Gasteiger partial charge < -0.3 is 4.90 Å². The first-order valence-electron chi connectivity index (χ1n) is 10.6. The summed E-state index contributed by atoms with van der Waals surface area (Å²) in [7, 11) is 3.42. The van der Waals surface area contributed by atoms with Crippen molar-refractivity contribution < 1.29 is 13.7 Å². The third-order valence-corrected chi connectivity index (χ3v) is 6.25. The number of nitrogens with zero attached hydrogens (tertiary/aromatic N) is 4. The highest BCUT2D eigenvalue weighted by molar-refractivity contribution is 7.15. The number of aryl methyl sites for hydroxylation is 1. The van der Waals surface area contributed by atoms with Gasteiger partial charge in [0.25, 0.3) is 11.2 Å². The Morgan fingerprint density at radius 3 is 2.44 bits per heavy atom. The van der Waals surface area contributed by atoms with Gasteiger partial charge in [-0.3, -0.25) is 24.5 Å². The predicted octanol–water partition coefficient (Wildman–Crippen LogP) is 3.60. The van der Waals surface area contributed by atoms with Gasteiger partial charge >= 0.3 is 5.69 Å². The van der Waals surface area contributed by atoms with Gasteiger partial charge in [0, 0.05) is 41.9 Å². The summed E-state index contributed by atoms with van der Waals surface area (Å²) in [5.74, 6) is -1.63. The largest absolute Gasteiger partial charge is 0.332 e.